The molecule has 1 atom stereocenters. The van der Waals surface area contributed by atoms with Crippen molar-refractivity contribution in [2.24, 2.45) is 0 Å². The molecule has 1 aromatic carbocycles. The van der Waals surface area contributed by atoms with Crippen molar-refractivity contribution in [2.75, 3.05) is 6.54 Å². The second kappa shape index (κ2) is 18.9. The monoisotopic (exact) mass is 454 g/mol. The summed E-state index contributed by atoms with van der Waals surface area (Å²) < 4.78 is 0. The molecule has 0 bridgehead atoms. The van der Waals surface area contributed by atoms with Crippen LogP contribution in [0.15, 0.2) is 42.7 Å². The third kappa shape index (κ3) is 12.6. The van der Waals surface area contributed by atoms with Crippen LogP contribution in [0, 0.1) is 0 Å². The molecule has 0 saturated carbocycles. The first kappa shape index (κ1) is 27.8. The summed E-state index contributed by atoms with van der Waals surface area (Å²) in [5.74, 6) is 0. The van der Waals surface area contributed by atoms with Gasteiger partial charge in [-0.05, 0) is 24.8 Å². The first-order chi connectivity index (χ1) is 16.3. The van der Waals surface area contributed by atoms with Gasteiger partial charge in [-0.3, -0.25) is 0 Å². The Balaban J connectivity index is 1.69. The van der Waals surface area contributed by atoms with E-state index in [0.717, 1.165) is 6.54 Å². The van der Waals surface area contributed by atoms with E-state index in [9.17, 15) is 0 Å². The maximum absolute atomic E-state index is 2.64. The zero-order valence-electron chi connectivity index (χ0n) is 22.2. The van der Waals surface area contributed by atoms with Gasteiger partial charge in [0.1, 0.15) is 6.17 Å². The normalized spacial score (nSPS) is 15.6. The minimum atomic E-state index is 0.555. The SMILES string of the molecule is CCCCCCCCCCCN1C=CN(Cc2ccccc2)C1CCCCCCCCCC. The summed E-state index contributed by atoms with van der Waals surface area (Å²) in [6.07, 6.45) is 30.5. The van der Waals surface area contributed by atoms with Gasteiger partial charge in [-0.25, -0.2) is 0 Å². The maximum atomic E-state index is 2.64. The van der Waals surface area contributed by atoms with Crippen molar-refractivity contribution in [1.82, 2.24) is 9.80 Å². The molecule has 0 aliphatic carbocycles. The Morgan fingerprint density at radius 3 is 1.61 bits per heavy atom. The summed E-state index contributed by atoms with van der Waals surface area (Å²) in [6.45, 7) is 6.86. The molecule has 33 heavy (non-hydrogen) atoms. The fraction of sp³-hybridized carbons (Fsp3) is 0.742. The number of benzene rings is 1. The van der Waals surface area contributed by atoms with Crippen LogP contribution in [-0.2, 0) is 6.54 Å². The fourth-order valence-electron chi connectivity index (χ4n) is 5.13. The van der Waals surface area contributed by atoms with E-state index in [2.05, 4.69) is 66.4 Å². The van der Waals surface area contributed by atoms with Gasteiger partial charge in [0.25, 0.3) is 0 Å². The second-order valence-corrected chi connectivity index (χ2v) is 10.3. The third-order valence-electron chi connectivity index (χ3n) is 7.26. The lowest BCUT2D eigenvalue weighted by Gasteiger charge is -2.33. The van der Waals surface area contributed by atoms with E-state index in [-0.39, 0.29) is 0 Å². The number of hydrogen-bond acceptors (Lipinski definition) is 2. The molecular weight excluding hydrogens is 400 g/mol. The highest BCUT2D eigenvalue weighted by Crippen LogP contribution is 2.25. The van der Waals surface area contributed by atoms with Crippen LogP contribution in [0.25, 0.3) is 0 Å². The molecule has 1 aliphatic rings. The molecule has 1 unspecified atom stereocenters. The summed E-state index contributed by atoms with van der Waals surface area (Å²) in [7, 11) is 0. The lowest BCUT2D eigenvalue weighted by Crippen LogP contribution is -2.38. The first-order valence-electron chi connectivity index (χ1n) is 14.6. The molecule has 2 nitrogen and oxygen atoms in total. The van der Waals surface area contributed by atoms with E-state index >= 15 is 0 Å². The van der Waals surface area contributed by atoms with Crippen molar-refractivity contribution >= 4 is 0 Å². The molecule has 188 valence electrons. The Hall–Kier alpha value is -1.44. The summed E-state index contributed by atoms with van der Waals surface area (Å²) in [5, 5.41) is 0. The van der Waals surface area contributed by atoms with Crippen molar-refractivity contribution < 1.29 is 0 Å². The highest BCUT2D eigenvalue weighted by Gasteiger charge is 2.25. The zero-order chi connectivity index (χ0) is 23.4. The number of nitrogens with zero attached hydrogens (tertiary/aromatic N) is 2. The Labute approximate surface area is 206 Å². The van der Waals surface area contributed by atoms with E-state index in [1.165, 1.54) is 128 Å². The molecule has 0 spiro atoms. The smallest absolute Gasteiger partial charge is 0.101 e. The van der Waals surface area contributed by atoms with E-state index < -0.39 is 0 Å². The lowest BCUT2D eigenvalue weighted by molar-refractivity contribution is 0.132. The van der Waals surface area contributed by atoms with Crippen molar-refractivity contribution in [2.45, 2.75) is 142 Å². The van der Waals surface area contributed by atoms with Crippen molar-refractivity contribution in [3.05, 3.63) is 48.3 Å². The maximum Gasteiger partial charge on any atom is 0.101 e. The number of rotatable bonds is 21. The van der Waals surface area contributed by atoms with Crippen LogP contribution in [-0.4, -0.2) is 22.5 Å². The molecule has 1 heterocycles. The molecule has 0 saturated heterocycles. The van der Waals surface area contributed by atoms with Gasteiger partial charge in [-0.1, -0.05) is 140 Å². The molecule has 0 amide bonds. The summed E-state index contributed by atoms with van der Waals surface area (Å²) in [6, 6.07) is 11.0. The van der Waals surface area contributed by atoms with Crippen LogP contribution in [0.2, 0.25) is 0 Å². The Morgan fingerprint density at radius 2 is 1.03 bits per heavy atom. The average molecular weight is 455 g/mol. The highest BCUT2D eigenvalue weighted by atomic mass is 15.4. The van der Waals surface area contributed by atoms with Gasteiger partial charge in [-0.2, -0.15) is 0 Å². The average Bonchev–Trinajstić information content (AvgIpc) is 3.21. The van der Waals surface area contributed by atoms with Crippen molar-refractivity contribution in [3.63, 3.8) is 0 Å². The van der Waals surface area contributed by atoms with Crippen LogP contribution in [0.4, 0.5) is 0 Å². The molecule has 0 N–H and O–H groups in total. The van der Waals surface area contributed by atoms with Gasteiger partial charge in [0, 0.05) is 25.5 Å². The summed E-state index contributed by atoms with van der Waals surface area (Å²) in [5.41, 5.74) is 1.42. The molecule has 0 fully saturated rings. The largest absolute Gasteiger partial charge is 0.356 e. The van der Waals surface area contributed by atoms with Gasteiger partial charge in [-0.15, -0.1) is 0 Å². The van der Waals surface area contributed by atoms with Gasteiger partial charge in [0.2, 0.25) is 0 Å². The van der Waals surface area contributed by atoms with Gasteiger partial charge in [0.05, 0.1) is 0 Å². The van der Waals surface area contributed by atoms with E-state index in [1.807, 2.05) is 0 Å². The molecular formula is C31H54N2. The Bertz CT molecular complexity index is 582. The van der Waals surface area contributed by atoms with Gasteiger partial charge < -0.3 is 9.80 Å². The molecule has 1 aliphatic heterocycles. The molecule has 2 rings (SSSR count). The zero-order valence-corrected chi connectivity index (χ0v) is 22.2. The van der Waals surface area contributed by atoms with Crippen LogP contribution >= 0.6 is 0 Å². The van der Waals surface area contributed by atoms with Crippen LogP contribution < -0.4 is 0 Å². The molecule has 0 aromatic heterocycles. The second-order valence-electron chi connectivity index (χ2n) is 10.3. The topological polar surface area (TPSA) is 6.48 Å². The Morgan fingerprint density at radius 1 is 0.545 bits per heavy atom. The van der Waals surface area contributed by atoms with E-state index in [4.69, 9.17) is 0 Å². The quantitative estimate of drug-likeness (QED) is 0.171. The van der Waals surface area contributed by atoms with Crippen LogP contribution in [0.5, 0.6) is 0 Å². The Kier molecular flexibility index (Phi) is 15.9. The predicted molar refractivity (Wildman–Crippen MR) is 146 cm³/mol. The summed E-state index contributed by atoms with van der Waals surface area (Å²) >= 11 is 0. The van der Waals surface area contributed by atoms with Crippen LogP contribution in [0.3, 0.4) is 0 Å². The third-order valence-corrected chi connectivity index (χ3v) is 7.26. The van der Waals surface area contributed by atoms with Gasteiger partial charge in [0.15, 0.2) is 0 Å². The van der Waals surface area contributed by atoms with E-state index in [0.29, 0.717) is 6.17 Å². The van der Waals surface area contributed by atoms with E-state index in [1.54, 1.807) is 0 Å². The standard InChI is InChI=1S/C31H54N2/c1-3-5-7-9-11-13-15-17-22-26-32-27-28-33(29-30-23-19-18-20-24-30)31(32)25-21-16-14-12-10-8-6-4-2/h18-20,23-24,27-28,31H,3-17,21-22,25-26,29H2,1-2H3. The van der Waals surface area contributed by atoms with Crippen molar-refractivity contribution in [1.29, 1.82) is 0 Å². The lowest BCUT2D eigenvalue weighted by atomic mass is 10.1. The fourth-order valence-corrected chi connectivity index (χ4v) is 5.13. The minimum absolute atomic E-state index is 0.555. The predicted octanol–water partition coefficient (Wildman–Crippen LogP) is 9.66. The van der Waals surface area contributed by atoms with Crippen molar-refractivity contribution in [3.8, 4) is 0 Å². The number of hydrogen-bond donors (Lipinski definition) is 0. The van der Waals surface area contributed by atoms with Gasteiger partial charge >= 0.3 is 0 Å². The summed E-state index contributed by atoms with van der Waals surface area (Å²) in [4.78, 5) is 5.23. The molecule has 0 radical (unpaired) electrons. The molecule has 2 heteroatoms. The first-order valence-corrected chi connectivity index (χ1v) is 14.6. The minimum Gasteiger partial charge on any atom is -0.356 e. The molecule has 1 aromatic rings. The highest BCUT2D eigenvalue weighted by molar-refractivity contribution is 5.15. The number of unbranched alkanes of at least 4 members (excludes halogenated alkanes) is 15. The van der Waals surface area contributed by atoms with Crippen LogP contribution in [0.1, 0.15) is 135 Å².